The quantitative estimate of drug-likeness (QED) is 0.179. The van der Waals surface area contributed by atoms with Gasteiger partial charge in [0.25, 0.3) is 5.56 Å². The number of nitrogens with zero attached hydrogens (tertiary/aromatic N) is 6. The number of phenolic OH excluding ortho intramolecular Hbond substituents is 1. The van der Waals surface area contributed by atoms with Gasteiger partial charge in [-0.25, -0.2) is 19.6 Å². The van der Waals surface area contributed by atoms with Crippen molar-refractivity contribution in [1.29, 1.82) is 0 Å². The normalized spacial score (nSPS) is 11.2. The molecule has 0 unspecified atom stereocenters. The molecule has 0 fully saturated rings. The third kappa shape index (κ3) is 6.21. The van der Waals surface area contributed by atoms with Crippen molar-refractivity contribution >= 4 is 39.4 Å². The fourth-order valence-corrected chi connectivity index (χ4v) is 5.18. The molecule has 11 nitrogen and oxygen atoms in total. The van der Waals surface area contributed by atoms with Gasteiger partial charge in [0.15, 0.2) is 5.65 Å². The Morgan fingerprint density at radius 1 is 0.978 bits per heavy atom. The Hall–Kier alpha value is -5.28. The molecule has 12 heteroatoms. The Morgan fingerprint density at radius 2 is 1.80 bits per heavy atom. The Labute approximate surface area is 262 Å². The number of phenols is 1. The second-order valence-electron chi connectivity index (χ2n) is 10.1. The van der Waals surface area contributed by atoms with Crippen LogP contribution in [-0.4, -0.2) is 61.3 Å². The van der Waals surface area contributed by atoms with Gasteiger partial charge < -0.3 is 20.3 Å². The third-order valence-electron chi connectivity index (χ3n) is 7.17. The Balaban J connectivity index is 1.49. The van der Waals surface area contributed by atoms with Crippen LogP contribution in [0.3, 0.4) is 0 Å². The summed E-state index contributed by atoms with van der Waals surface area (Å²) in [6, 6.07) is 19.3. The maximum atomic E-state index is 14.3. The van der Waals surface area contributed by atoms with E-state index in [1.54, 1.807) is 58.8 Å². The number of ether oxygens (including phenoxy) is 2. The number of nitrogens with two attached hydrogens (primary N) is 1. The summed E-state index contributed by atoms with van der Waals surface area (Å²) in [5.74, 6) is 6.86. The molecule has 0 aliphatic carbocycles. The summed E-state index contributed by atoms with van der Waals surface area (Å²) >= 11 is 6.54. The van der Waals surface area contributed by atoms with Crippen LogP contribution in [0.25, 0.3) is 33.2 Å². The van der Waals surface area contributed by atoms with Crippen molar-refractivity contribution in [2.45, 2.75) is 13.1 Å². The first-order chi connectivity index (χ1) is 21.9. The number of benzene rings is 3. The summed E-state index contributed by atoms with van der Waals surface area (Å²) < 4.78 is 13.7. The number of anilines is 1. The van der Waals surface area contributed by atoms with Crippen molar-refractivity contribution < 1.29 is 14.6 Å². The fourth-order valence-electron chi connectivity index (χ4n) is 4.99. The minimum Gasteiger partial charge on any atom is -0.508 e. The van der Waals surface area contributed by atoms with Gasteiger partial charge in [0, 0.05) is 23.3 Å². The molecule has 0 radical (unpaired) electrons. The smallest absolute Gasteiger partial charge is 0.263 e. The number of nitrogen functional groups attached to an aromatic ring is 1. The first kappa shape index (κ1) is 29.8. The van der Waals surface area contributed by atoms with E-state index in [9.17, 15) is 9.90 Å². The first-order valence-electron chi connectivity index (χ1n) is 14.0. The summed E-state index contributed by atoms with van der Waals surface area (Å²) in [6.45, 7) is 1.34. The highest BCUT2D eigenvalue weighted by Crippen LogP contribution is 2.31. The van der Waals surface area contributed by atoms with Crippen LogP contribution in [0.1, 0.15) is 17.0 Å². The van der Waals surface area contributed by atoms with Crippen LogP contribution in [0, 0.1) is 11.8 Å². The number of hydrogen-bond acceptors (Lipinski definition) is 9. The SMILES string of the molecule is COCCOCC#Cc1cccc2nc(Cn3nc(-c4ccc(O)cc4)c4c(N)ncnc43)n(Cc3ccccc3Cl)c(=O)c12. The molecule has 3 N–H and O–H groups in total. The molecule has 6 aromatic rings. The topological polar surface area (TPSA) is 143 Å². The molecule has 226 valence electrons. The van der Waals surface area contributed by atoms with Gasteiger partial charge in [-0.3, -0.25) is 9.36 Å². The molecule has 0 saturated heterocycles. The van der Waals surface area contributed by atoms with Crippen LogP contribution in [0.15, 0.2) is 77.9 Å². The van der Waals surface area contributed by atoms with Crippen LogP contribution in [0.2, 0.25) is 5.02 Å². The first-order valence-corrected chi connectivity index (χ1v) is 14.4. The molecule has 3 aromatic carbocycles. The lowest BCUT2D eigenvalue weighted by Gasteiger charge is -2.15. The van der Waals surface area contributed by atoms with E-state index in [-0.39, 0.29) is 36.8 Å². The van der Waals surface area contributed by atoms with E-state index in [2.05, 4.69) is 21.8 Å². The molecule has 0 aliphatic heterocycles. The molecular formula is C33H28ClN7O4. The van der Waals surface area contributed by atoms with Gasteiger partial charge >= 0.3 is 0 Å². The minimum atomic E-state index is -0.274. The highest BCUT2D eigenvalue weighted by atomic mass is 35.5. The van der Waals surface area contributed by atoms with Crippen LogP contribution in [-0.2, 0) is 22.6 Å². The average Bonchev–Trinajstić information content (AvgIpc) is 3.41. The van der Waals surface area contributed by atoms with E-state index in [4.69, 9.17) is 36.9 Å². The number of halogens is 1. The molecule has 45 heavy (non-hydrogen) atoms. The zero-order chi connectivity index (χ0) is 31.3. The molecule has 0 spiro atoms. The minimum absolute atomic E-state index is 0.0872. The molecule has 3 aromatic heterocycles. The van der Waals surface area contributed by atoms with Gasteiger partial charge in [-0.1, -0.05) is 47.7 Å². The number of aromatic hydroxyl groups is 1. The van der Waals surface area contributed by atoms with E-state index in [0.29, 0.717) is 62.8 Å². The van der Waals surface area contributed by atoms with E-state index < -0.39 is 0 Å². The fraction of sp³-hybridized carbons (Fsp3) is 0.182. The Bertz CT molecular complexity index is 2130. The molecular weight excluding hydrogens is 594 g/mol. The summed E-state index contributed by atoms with van der Waals surface area (Å²) in [6.07, 6.45) is 1.37. The van der Waals surface area contributed by atoms with Gasteiger partial charge in [-0.05, 0) is 48.0 Å². The van der Waals surface area contributed by atoms with Crippen molar-refractivity contribution in [3.63, 3.8) is 0 Å². The van der Waals surface area contributed by atoms with E-state index in [1.807, 2.05) is 24.3 Å². The number of hydrogen-bond donors (Lipinski definition) is 2. The van der Waals surface area contributed by atoms with Gasteiger partial charge in [0.1, 0.15) is 42.6 Å². The lowest BCUT2D eigenvalue weighted by atomic mass is 10.1. The zero-order valence-electron chi connectivity index (χ0n) is 24.3. The standard InChI is InChI=1S/C33H28ClN7O4/c1-44-16-17-45-15-5-8-21-7-4-10-26-28(21)33(43)40(18-23-6-2-3-9-25(23)34)27(38-26)19-41-32-29(31(35)36-20-37-32)30(39-41)22-11-13-24(42)14-12-22/h2-4,6-7,9-14,20,42H,15-19H2,1H3,(H2,35,36,37). The van der Waals surface area contributed by atoms with E-state index in [0.717, 1.165) is 5.56 Å². The molecule has 0 atom stereocenters. The van der Waals surface area contributed by atoms with Crippen LogP contribution < -0.4 is 11.3 Å². The number of aromatic nitrogens is 6. The zero-order valence-corrected chi connectivity index (χ0v) is 25.0. The second kappa shape index (κ2) is 13.2. The molecule has 0 saturated carbocycles. The monoisotopic (exact) mass is 621 g/mol. The number of methoxy groups -OCH3 is 1. The summed E-state index contributed by atoms with van der Waals surface area (Å²) in [5, 5.41) is 16.1. The van der Waals surface area contributed by atoms with E-state index >= 15 is 0 Å². The van der Waals surface area contributed by atoms with Crippen molar-refractivity contribution in [2.24, 2.45) is 0 Å². The number of fused-ring (bicyclic) bond motifs is 2. The van der Waals surface area contributed by atoms with Gasteiger partial charge in [0.2, 0.25) is 0 Å². The Kier molecular flexibility index (Phi) is 8.70. The predicted octanol–water partition coefficient (Wildman–Crippen LogP) is 4.26. The van der Waals surface area contributed by atoms with Gasteiger partial charge in [-0.2, -0.15) is 5.10 Å². The maximum absolute atomic E-state index is 14.3. The number of rotatable bonds is 9. The molecule has 3 heterocycles. The van der Waals surface area contributed by atoms with Crippen molar-refractivity contribution in [1.82, 2.24) is 29.3 Å². The predicted molar refractivity (Wildman–Crippen MR) is 172 cm³/mol. The second-order valence-corrected chi connectivity index (χ2v) is 10.5. The lowest BCUT2D eigenvalue weighted by Crippen LogP contribution is -2.28. The highest BCUT2D eigenvalue weighted by Gasteiger charge is 2.21. The van der Waals surface area contributed by atoms with Crippen molar-refractivity contribution in [2.75, 3.05) is 32.7 Å². The molecule has 6 rings (SSSR count). The molecule has 0 aliphatic rings. The van der Waals surface area contributed by atoms with Crippen molar-refractivity contribution in [3.05, 3.63) is 105 Å². The van der Waals surface area contributed by atoms with Crippen LogP contribution in [0.5, 0.6) is 5.75 Å². The van der Waals surface area contributed by atoms with Crippen LogP contribution >= 0.6 is 11.6 Å². The lowest BCUT2D eigenvalue weighted by molar-refractivity contribution is 0.0877. The summed E-state index contributed by atoms with van der Waals surface area (Å²) in [5.41, 5.74) is 9.53. The summed E-state index contributed by atoms with van der Waals surface area (Å²) in [7, 11) is 1.60. The highest BCUT2D eigenvalue weighted by molar-refractivity contribution is 6.31. The Morgan fingerprint density at radius 3 is 2.60 bits per heavy atom. The van der Waals surface area contributed by atoms with Crippen LogP contribution in [0.4, 0.5) is 5.82 Å². The average molecular weight is 622 g/mol. The third-order valence-corrected chi connectivity index (χ3v) is 7.54. The van der Waals surface area contributed by atoms with Gasteiger partial charge in [-0.15, -0.1) is 0 Å². The van der Waals surface area contributed by atoms with Gasteiger partial charge in [0.05, 0.1) is 36.0 Å². The molecule has 0 amide bonds. The van der Waals surface area contributed by atoms with E-state index in [1.165, 1.54) is 6.33 Å². The largest absolute Gasteiger partial charge is 0.508 e. The summed E-state index contributed by atoms with van der Waals surface area (Å²) in [4.78, 5) is 27.9. The maximum Gasteiger partial charge on any atom is 0.263 e. The molecule has 0 bridgehead atoms. The van der Waals surface area contributed by atoms with Crippen molar-refractivity contribution in [3.8, 4) is 28.8 Å².